The first-order valence-corrected chi connectivity index (χ1v) is 10.6. The molecule has 1 amide bonds. The van der Waals surface area contributed by atoms with E-state index in [9.17, 15) is 14.4 Å². The Morgan fingerprint density at radius 2 is 1.53 bits per heavy atom. The van der Waals surface area contributed by atoms with Crippen LogP contribution in [-0.2, 0) is 20.8 Å². The number of carbonyl (C=O) groups excluding carboxylic acids is 3. The Labute approximate surface area is 192 Å². The molecule has 9 heteroatoms. The molecule has 0 bridgehead atoms. The molecule has 1 saturated heterocycles. The molecule has 170 valence electrons. The van der Waals surface area contributed by atoms with Crippen molar-refractivity contribution in [3.05, 3.63) is 64.2 Å². The van der Waals surface area contributed by atoms with Gasteiger partial charge < -0.3 is 14.8 Å². The lowest BCUT2D eigenvalue weighted by Crippen LogP contribution is -2.48. The van der Waals surface area contributed by atoms with Crippen molar-refractivity contribution < 1.29 is 23.9 Å². The number of amides is 1. The van der Waals surface area contributed by atoms with Gasteiger partial charge in [-0.25, -0.2) is 9.59 Å². The molecule has 1 aliphatic heterocycles. The van der Waals surface area contributed by atoms with Gasteiger partial charge in [0, 0.05) is 37.7 Å². The van der Waals surface area contributed by atoms with Gasteiger partial charge in [0.05, 0.1) is 37.6 Å². The van der Waals surface area contributed by atoms with E-state index in [0.717, 1.165) is 37.7 Å². The molecule has 8 nitrogen and oxygen atoms in total. The number of nitrogens with one attached hydrogen (secondary N) is 1. The zero-order valence-corrected chi connectivity index (χ0v) is 18.9. The van der Waals surface area contributed by atoms with Crippen molar-refractivity contribution in [2.75, 3.05) is 52.3 Å². The Balaban J connectivity index is 1.57. The fraction of sp³-hybridized carbons (Fsp3) is 0.348. The van der Waals surface area contributed by atoms with Crippen molar-refractivity contribution in [3.63, 3.8) is 0 Å². The van der Waals surface area contributed by atoms with Crippen LogP contribution in [0.2, 0.25) is 5.02 Å². The topological polar surface area (TPSA) is 88.2 Å². The summed E-state index contributed by atoms with van der Waals surface area (Å²) < 4.78 is 9.49. The molecule has 0 spiro atoms. The van der Waals surface area contributed by atoms with Gasteiger partial charge in [-0.1, -0.05) is 23.7 Å². The Bertz CT molecular complexity index is 972. The van der Waals surface area contributed by atoms with E-state index in [1.54, 1.807) is 0 Å². The zero-order chi connectivity index (χ0) is 23.1. The summed E-state index contributed by atoms with van der Waals surface area (Å²) in [5.74, 6) is -1.44. The fourth-order valence-electron chi connectivity index (χ4n) is 3.53. The first kappa shape index (κ1) is 23.7. The molecule has 0 aromatic heterocycles. The highest BCUT2D eigenvalue weighted by Crippen LogP contribution is 2.20. The standard InChI is InChI=1S/C23H26ClN3O5/c1-31-22(29)17-5-8-19(23(30)32-2)20(13-17)25-21(28)15-27-11-9-26(10-12-27)14-16-3-6-18(24)7-4-16/h3-8,13H,9-12,14-15H2,1-2H3,(H,25,28). The molecule has 0 saturated carbocycles. The van der Waals surface area contributed by atoms with E-state index in [2.05, 4.69) is 15.1 Å². The number of nitrogens with zero attached hydrogens (tertiary/aromatic N) is 2. The number of anilines is 1. The number of hydrogen-bond donors (Lipinski definition) is 1. The summed E-state index contributed by atoms with van der Waals surface area (Å²) in [6.45, 7) is 4.17. The molecule has 0 unspecified atom stereocenters. The van der Waals surface area contributed by atoms with E-state index in [-0.39, 0.29) is 29.3 Å². The lowest BCUT2D eigenvalue weighted by molar-refractivity contribution is -0.117. The number of methoxy groups -OCH3 is 2. The Morgan fingerprint density at radius 3 is 2.16 bits per heavy atom. The highest BCUT2D eigenvalue weighted by atomic mass is 35.5. The van der Waals surface area contributed by atoms with Crippen LogP contribution in [-0.4, -0.2) is 74.6 Å². The minimum Gasteiger partial charge on any atom is -0.465 e. The van der Waals surface area contributed by atoms with Gasteiger partial charge in [-0.2, -0.15) is 0 Å². The molecule has 1 N–H and O–H groups in total. The van der Waals surface area contributed by atoms with Crippen molar-refractivity contribution in [2.45, 2.75) is 6.54 Å². The number of hydrogen-bond acceptors (Lipinski definition) is 7. The number of piperazine rings is 1. The summed E-state index contributed by atoms with van der Waals surface area (Å²) in [6, 6.07) is 12.1. The molecule has 1 fully saturated rings. The van der Waals surface area contributed by atoms with Crippen LogP contribution in [0, 0.1) is 0 Å². The largest absolute Gasteiger partial charge is 0.465 e. The van der Waals surface area contributed by atoms with Gasteiger partial charge in [0.15, 0.2) is 0 Å². The van der Waals surface area contributed by atoms with Crippen LogP contribution in [0.15, 0.2) is 42.5 Å². The van der Waals surface area contributed by atoms with Gasteiger partial charge in [-0.15, -0.1) is 0 Å². The highest BCUT2D eigenvalue weighted by Gasteiger charge is 2.21. The normalized spacial score (nSPS) is 14.6. The van der Waals surface area contributed by atoms with E-state index in [4.69, 9.17) is 21.1 Å². The molecule has 3 rings (SSSR count). The van der Waals surface area contributed by atoms with E-state index < -0.39 is 11.9 Å². The van der Waals surface area contributed by atoms with Crippen LogP contribution >= 0.6 is 11.6 Å². The van der Waals surface area contributed by atoms with Crippen molar-refractivity contribution >= 4 is 35.1 Å². The minimum atomic E-state index is -0.604. The van der Waals surface area contributed by atoms with Crippen LogP contribution in [0.25, 0.3) is 0 Å². The third kappa shape index (κ3) is 6.29. The Hall–Kier alpha value is -2.94. The second-order valence-electron chi connectivity index (χ2n) is 7.47. The third-order valence-electron chi connectivity index (χ3n) is 5.27. The first-order valence-electron chi connectivity index (χ1n) is 10.2. The smallest absolute Gasteiger partial charge is 0.339 e. The van der Waals surface area contributed by atoms with Crippen molar-refractivity contribution in [3.8, 4) is 0 Å². The number of benzene rings is 2. The van der Waals surface area contributed by atoms with Gasteiger partial charge in [-0.3, -0.25) is 14.6 Å². The summed E-state index contributed by atoms with van der Waals surface area (Å²) in [5, 5.41) is 3.45. The van der Waals surface area contributed by atoms with Gasteiger partial charge >= 0.3 is 11.9 Å². The zero-order valence-electron chi connectivity index (χ0n) is 18.1. The van der Waals surface area contributed by atoms with E-state index in [1.807, 2.05) is 24.3 Å². The highest BCUT2D eigenvalue weighted by molar-refractivity contribution is 6.30. The van der Waals surface area contributed by atoms with E-state index >= 15 is 0 Å². The van der Waals surface area contributed by atoms with Gasteiger partial charge in [0.2, 0.25) is 5.91 Å². The lowest BCUT2D eigenvalue weighted by Gasteiger charge is -2.34. The summed E-state index contributed by atoms with van der Waals surface area (Å²) in [5.41, 5.74) is 1.81. The Kier molecular flexibility index (Phi) is 8.21. The predicted molar refractivity (Wildman–Crippen MR) is 121 cm³/mol. The number of esters is 2. The number of carbonyl (C=O) groups is 3. The van der Waals surface area contributed by atoms with Gasteiger partial charge in [0.1, 0.15) is 0 Å². The molecule has 1 heterocycles. The summed E-state index contributed by atoms with van der Waals surface area (Å²) in [7, 11) is 2.52. The van der Waals surface area contributed by atoms with E-state index in [1.165, 1.54) is 38.0 Å². The van der Waals surface area contributed by atoms with Gasteiger partial charge in [0.25, 0.3) is 0 Å². The average molecular weight is 460 g/mol. The van der Waals surface area contributed by atoms with Crippen LogP contribution in [0.4, 0.5) is 5.69 Å². The summed E-state index contributed by atoms with van der Waals surface area (Å²) in [4.78, 5) is 40.9. The maximum absolute atomic E-state index is 12.7. The van der Waals surface area contributed by atoms with Gasteiger partial charge in [-0.05, 0) is 35.9 Å². The number of rotatable bonds is 7. The maximum atomic E-state index is 12.7. The third-order valence-corrected chi connectivity index (χ3v) is 5.52. The second kappa shape index (κ2) is 11.1. The molecule has 2 aromatic carbocycles. The molecule has 0 radical (unpaired) electrons. The van der Waals surface area contributed by atoms with Crippen molar-refractivity contribution in [1.29, 1.82) is 0 Å². The molecular weight excluding hydrogens is 434 g/mol. The van der Waals surface area contributed by atoms with Crippen LogP contribution < -0.4 is 5.32 Å². The minimum absolute atomic E-state index is 0.168. The quantitative estimate of drug-likeness (QED) is 0.637. The molecule has 0 aliphatic carbocycles. The first-order chi connectivity index (χ1) is 15.4. The summed E-state index contributed by atoms with van der Waals surface area (Å²) in [6.07, 6.45) is 0. The number of ether oxygens (including phenoxy) is 2. The summed E-state index contributed by atoms with van der Waals surface area (Å²) >= 11 is 5.94. The maximum Gasteiger partial charge on any atom is 0.339 e. The van der Waals surface area contributed by atoms with Crippen LogP contribution in [0.1, 0.15) is 26.3 Å². The predicted octanol–water partition coefficient (Wildman–Crippen LogP) is 2.67. The monoisotopic (exact) mass is 459 g/mol. The van der Waals surface area contributed by atoms with Crippen LogP contribution in [0.5, 0.6) is 0 Å². The average Bonchev–Trinajstić information content (AvgIpc) is 2.80. The fourth-order valence-corrected chi connectivity index (χ4v) is 3.65. The van der Waals surface area contributed by atoms with Crippen molar-refractivity contribution in [2.24, 2.45) is 0 Å². The van der Waals surface area contributed by atoms with Crippen molar-refractivity contribution in [1.82, 2.24) is 9.80 Å². The SMILES string of the molecule is COC(=O)c1ccc(C(=O)OC)c(NC(=O)CN2CCN(Cc3ccc(Cl)cc3)CC2)c1. The molecule has 0 atom stereocenters. The Morgan fingerprint density at radius 1 is 0.906 bits per heavy atom. The number of halogens is 1. The van der Waals surface area contributed by atoms with E-state index in [0.29, 0.717) is 0 Å². The van der Waals surface area contributed by atoms with Crippen LogP contribution in [0.3, 0.4) is 0 Å². The second-order valence-corrected chi connectivity index (χ2v) is 7.91. The lowest BCUT2D eigenvalue weighted by atomic mass is 10.1. The molecule has 32 heavy (non-hydrogen) atoms. The molecular formula is C23H26ClN3O5. The molecule has 2 aromatic rings. The molecule has 1 aliphatic rings.